The van der Waals surface area contributed by atoms with Gasteiger partial charge in [0.1, 0.15) is 11.6 Å². The molecule has 2 nitrogen and oxygen atoms in total. The summed E-state index contributed by atoms with van der Waals surface area (Å²) in [4.78, 5) is 0. The molecule has 0 atom stereocenters. The molecule has 0 N–H and O–H groups in total. The van der Waals surface area contributed by atoms with Crippen molar-refractivity contribution in [3.8, 4) is 22.6 Å². The number of unbranched alkanes of at least 4 members (excludes halogenated alkanes) is 1. The van der Waals surface area contributed by atoms with Crippen molar-refractivity contribution in [3.05, 3.63) is 60.2 Å². The number of ether oxygens (including phenoxy) is 2. The third-order valence-corrected chi connectivity index (χ3v) is 6.09. The Hall–Kier alpha value is -2.66. The second kappa shape index (κ2) is 8.37. The lowest BCUT2D eigenvalue weighted by molar-refractivity contribution is 0.295. The summed E-state index contributed by atoms with van der Waals surface area (Å²) < 4.78 is 42.2. The summed E-state index contributed by atoms with van der Waals surface area (Å²) in [6.45, 7) is 5.03. The van der Waals surface area contributed by atoms with E-state index in [-0.39, 0.29) is 11.6 Å². The topological polar surface area (TPSA) is 18.5 Å². The summed E-state index contributed by atoms with van der Waals surface area (Å²) in [5.41, 5.74) is 1.25. The van der Waals surface area contributed by atoms with Crippen LogP contribution in [0.15, 0.2) is 48.5 Å². The summed E-state index contributed by atoms with van der Waals surface area (Å²) in [7, 11) is 0. The predicted octanol–water partition coefficient (Wildman–Crippen LogP) is 7.58. The quantitative estimate of drug-likeness (QED) is 0.291. The molecule has 0 spiro atoms. The predicted molar refractivity (Wildman–Crippen MR) is 116 cm³/mol. The van der Waals surface area contributed by atoms with E-state index in [9.17, 15) is 4.39 Å². The fourth-order valence-electron chi connectivity index (χ4n) is 3.38. The lowest BCUT2D eigenvalue weighted by Crippen LogP contribution is -1.98. The molecular weight excluding hydrogens is 390 g/mol. The van der Waals surface area contributed by atoms with E-state index in [4.69, 9.17) is 9.47 Å². The van der Waals surface area contributed by atoms with Gasteiger partial charge in [0.25, 0.3) is 0 Å². The molecule has 0 amide bonds. The Bertz CT molecular complexity index is 1150. The van der Waals surface area contributed by atoms with E-state index in [1.165, 1.54) is 0 Å². The van der Waals surface area contributed by atoms with Crippen LogP contribution in [0.4, 0.5) is 8.78 Å². The Morgan fingerprint density at radius 1 is 0.793 bits per heavy atom. The number of hydrogen-bond donors (Lipinski definition) is 0. The van der Waals surface area contributed by atoms with Gasteiger partial charge in [0.2, 0.25) is 0 Å². The largest absolute Gasteiger partial charge is 0.494 e. The highest BCUT2D eigenvalue weighted by Crippen LogP contribution is 2.42. The fourth-order valence-corrected chi connectivity index (χ4v) is 4.55. The van der Waals surface area contributed by atoms with E-state index in [0.717, 1.165) is 40.9 Å². The third kappa shape index (κ3) is 3.67. The molecule has 0 aliphatic carbocycles. The summed E-state index contributed by atoms with van der Waals surface area (Å²) in [5.74, 6) is 0.226. The number of hydrogen-bond acceptors (Lipinski definition) is 3. The molecule has 29 heavy (non-hydrogen) atoms. The van der Waals surface area contributed by atoms with Crippen LogP contribution in [-0.4, -0.2) is 13.2 Å². The van der Waals surface area contributed by atoms with Crippen LogP contribution in [-0.2, 0) is 0 Å². The molecule has 0 aliphatic heterocycles. The molecule has 150 valence electrons. The second-order valence-corrected chi connectivity index (χ2v) is 7.84. The summed E-state index contributed by atoms with van der Waals surface area (Å²) in [5, 5.41) is 1.43. The Labute approximate surface area is 172 Å². The lowest BCUT2D eigenvalue weighted by Gasteiger charge is -2.07. The van der Waals surface area contributed by atoms with Crippen LogP contribution in [0, 0.1) is 11.6 Å². The number of halogens is 2. The average molecular weight is 413 g/mol. The van der Waals surface area contributed by atoms with Crippen LogP contribution in [0.25, 0.3) is 31.3 Å². The maximum Gasteiger partial charge on any atom is 0.182 e. The SMILES string of the molecule is CCCCOc1ccc2c(sc3c(F)c(-c4ccc(OCC)cc4)ccc32)c1F. The Kier molecular flexibility index (Phi) is 5.67. The minimum absolute atomic E-state index is 0.227. The van der Waals surface area contributed by atoms with Gasteiger partial charge in [0.05, 0.1) is 22.6 Å². The van der Waals surface area contributed by atoms with Crippen molar-refractivity contribution in [1.82, 2.24) is 0 Å². The van der Waals surface area contributed by atoms with Crippen LogP contribution in [0.5, 0.6) is 11.5 Å². The minimum Gasteiger partial charge on any atom is -0.494 e. The second-order valence-electron chi connectivity index (χ2n) is 6.82. The molecular formula is C24H22F2O2S. The molecule has 0 radical (unpaired) electrons. The number of fused-ring (bicyclic) bond motifs is 3. The van der Waals surface area contributed by atoms with E-state index in [1.807, 2.05) is 43.3 Å². The van der Waals surface area contributed by atoms with E-state index in [2.05, 4.69) is 6.92 Å². The first kappa shape index (κ1) is 19.6. The van der Waals surface area contributed by atoms with Gasteiger partial charge in [0.15, 0.2) is 11.6 Å². The Morgan fingerprint density at radius 3 is 2.17 bits per heavy atom. The van der Waals surface area contributed by atoms with Crippen molar-refractivity contribution in [2.24, 2.45) is 0 Å². The zero-order valence-electron chi connectivity index (χ0n) is 16.4. The Balaban J connectivity index is 1.77. The zero-order chi connectivity index (χ0) is 20.4. The number of benzene rings is 3. The monoisotopic (exact) mass is 412 g/mol. The van der Waals surface area contributed by atoms with Gasteiger partial charge in [-0.1, -0.05) is 37.6 Å². The summed E-state index contributed by atoms with van der Waals surface area (Å²) in [6.07, 6.45) is 1.84. The van der Waals surface area contributed by atoms with E-state index < -0.39 is 5.82 Å². The molecule has 0 saturated carbocycles. The zero-order valence-corrected chi connectivity index (χ0v) is 17.2. The van der Waals surface area contributed by atoms with Crippen LogP contribution in [0.1, 0.15) is 26.7 Å². The van der Waals surface area contributed by atoms with Crippen molar-refractivity contribution in [1.29, 1.82) is 0 Å². The number of rotatable bonds is 7. The van der Waals surface area contributed by atoms with Crippen LogP contribution >= 0.6 is 11.3 Å². The molecule has 3 aromatic carbocycles. The van der Waals surface area contributed by atoms with Crippen LogP contribution < -0.4 is 9.47 Å². The summed E-state index contributed by atoms with van der Waals surface area (Å²) in [6, 6.07) is 14.4. The van der Waals surface area contributed by atoms with Crippen molar-refractivity contribution in [3.63, 3.8) is 0 Å². The average Bonchev–Trinajstić information content (AvgIpc) is 3.12. The Morgan fingerprint density at radius 2 is 1.48 bits per heavy atom. The van der Waals surface area contributed by atoms with Gasteiger partial charge < -0.3 is 9.47 Å². The maximum atomic E-state index is 15.3. The lowest BCUT2D eigenvalue weighted by atomic mass is 10.0. The van der Waals surface area contributed by atoms with Crippen molar-refractivity contribution >= 4 is 31.5 Å². The van der Waals surface area contributed by atoms with Gasteiger partial charge in [-0.2, -0.15) is 0 Å². The van der Waals surface area contributed by atoms with Gasteiger partial charge in [-0.15, -0.1) is 11.3 Å². The molecule has 1 heterocycles. The molecule has 1 aromatic heterocycles. The molecule has 0 aliphatic rings. The first-order valence-corrected chi connectivity index (χ1v) is 10.6. The highest BCUT2D eigenvalue weighted by Gasteiger charge is 2.18. The van der Waals surface area contributed by atoms with Gasteiger partial charge in [-0.25, -0.2) is 8.78 Å². The summed E-state index contributed by atoms with van der Waals surface area (Å²) >= 11 is 1.13. The fraction of sp³-hybridized carbons (Fsp3) is 0.250. The van der Waals surface area contributed by atoms with Gasteiger partial charge in [0, 0.05) is 16.3 Å². The smallest absolute Gasteiger partial charge is 0.182 e. The first-order valence-electron chi connectivity index (χ1n) is 9.83. The van der Waals surface area contributed by atoms with Crippen molar-refractivity contribution < 1.29 is 18.3 Å². The minimum atomic E-state index is -0.415. The molecule has 0 saturated heterocycles. The van der Waals surface area contributed by atoms with Gasteiger partial charge >= 0.3 is 0 Å². The number of thiophene rings is 1. The molecule has 4 rings (SSSR count). The maximum absolute atomic E-state index is 15.3. The highest BCUT2D eigenvalue weighted by molar-refractivity contribution is 7.26. The van der Waals surface area contributed by atoms with Crippen LogP contribution in [0.3, 0.4) is 0 Å². The van der Waals surface area contributed by atoms with E-state index in [1.54, 1.807) is 12.1 Å². The van der Waals surface area contributed by atoms with Crippen LogP contribution in [0.2, 0.25) is 0 Å². The van der Waals surface area contributed by atoms with E-state index >= 15 is 4.39 Å². The van der Waals surface area contributed by atoms with Gasteiger partial charge in [-0.3, -0.25) is 0 Å². The molecule has 0 fully saturated rings. The molecule has 0 unspecified atom stereocenters. The van der Waals surface area contributed by atoms with Crippen molar-refractivity contribution in [2.45, 2.75) is 26.7 Å². The standard InChI is InChI=1S/C24H22F2O2S/c1-3-5-14-28-20-13-12-19-18-11-10-17(15-6-8-16(9-7-15)27-4-2)21(25)23(18)29-24(19)22(20)26/h6-13H,3-5,14H2,1-2H3. The normalized spacial score (nSPS) is 11.3. The first-order chi connectivity index (χ1) is 14.1. The molecule has 4 aromatic rings. The third-order valence-electron chi connectivity index (χ3n) is 4.88. The van der Waals surface area contributed by atoms with Gasteiger partial charge in [-0.05, 0) is 43.2 Å². The van der Waals surface area contributed by atoms with Crippen molar-refractivity contribution in [2.75, 3.05) is 13.2 Å². The highest BCUT2D eigenvalue weighted by atomic mass is 32.1. The van der Waals surface area contributed by atoms with E-state index in [0.29, 0.717) is 33.6 Å². The molecule has 5 heteroatoms. The molecule has 0 bridgehead atoms.